The van der Waals surface area contributed by atoms with E-state index >= 15 is 0 Å². The second-order valence-electron chi connectivity index (χ2n) is 12.5. The molecule has 0 bridgehead atoms. The van der Waals surface area contributed by atoms with Crippen molar-refractivity contribution in [2.24, 2.45) is 17.1 Å². The number of imide groups is 1. The third-order valence-electron chi connectivity index (χ3n) is 8.85. The largest absolute Gasteiger partial charge is 0.368 e. The minimum Gasteiger partial charge on any atom is -0.368 e. The van der Waals surface area contributed by atoms with Crippen molar-refractivity contribution < 1.29 is 43.1 Å². The number of rotatable bonds is 23. The molecule has 276 valence electrons. The number of unbranched alkanes of at least 4 members (excludes halogenated alkanes) is 2. The van der Waals surface area contributed by atoms with E-state index < -0.39 is 48.7 Å². The second-order valence-corrected chi connectivity index (χ2v) is 12.5. The van der Waals surface area contributed by atoms with Gasteiger partial charge in [-0.3, -0.25) is 43.3 Å². The second kappa shape index (κ2) is 21.3. The van der Waals surface area contributed by atoms with Crippen LogP contribution < -0.4 is 32.3 Å². The average molecular weight is 702 g/mol. The van der Waals surface area contributed by atoms with Gasteiger partial charge in [0.2, 0.25) is 47.3 Å². The maximum absolute atomic E-state index is 12.9. The first-order valence-electron chi connectivity index (χ1n) is 16.9. The summed E-state index contributed by atoms with van der Waals surface area (Å²) >= 11 is 0. The predicted octanol–water partition coefficient (Wildman–Crippen LogP) is -0.600. The van der Waals surface area contributed by atoms with Gasteiger partial charge in [0.1, 0.15) is 19.4 Å². The minimum absolute atomic E-state index is 0.105. The first kappa shape index (κ1) is 41.3. The topological polar surface area (TPSA) is 235 Å². The lowest BCUT2D eigenvalue weighted by Gasteiger charge is -2.31. The molecule has 0 aromatic heterocycles. The van der Waals surface area contributed by atoms with Crippen LogP contribution >= 0.6 is 0 Å². The van der Waals surface area contributed by atoms with E-state index in [2.05, 4.69) is 26.6 Å². The summed E-state index contributed by atoms with van der Waals surface area (Å²) in [5.74, 6) is -4.14. The van der Waals surface area contributed by atoms with E-state index in [0.29, 0.717) is 25.8 Å². The van der Waals surface area contributed by atoms with E-state index in [1.54, 1.807) is 30.3 Å². The van der Waals surface area contributed by atoms with Gasteiger partial charge >= 0.3 is 0 Å². The molecule has 50 heavy (non-hydrogen) atoms. The highest BCUT2D eigenvalue weighted by atomic mass is 16.5. The highest BCUT2D eigenvalue weighted by Gasteiger charge is 2.46. The van der Waals surface area contributed by atoms with Crippen molar-refractivity contribution in [2.45, 2.75) is 78.2 Å². The average Bonchev–Trinajstić information content (AvgIpc) is 3.39. The molecule has 7 N–H and O–H groups in total. The molecule has 1 aliphatic heterocycles. The molecule has 1 aromatic carbocycles. The molecular formula is C34H51N7O9. The standard InChI is InChI=1S/C34H51N7O9/c1-4-34(3,5-2)24-17-31(47)41(33(24)49)15-11-7-10-14-27(43)36-18-28(44)37-20-30(46)40-25(16-23-12-8-6-9-13-23)32(48)38-19-29(45)39-22-50-21-26(35)42/h6,8-9,12-13,24-25H,4-5,7,10-11,14-22H2,1-3H3,(H2,35,42)(H,36,43)(H,37,44)(H,38,48)(H,39,45)(H,40,46)/t24?,25-/m0/s1. The lowest BCUT2D eigenvalue weighted by molar-refractivity contribution is -0.141. The van der Waals surface area contributed by atoms with Gasteiger partial charge in [-0.25, -0.2) is 0 Å². The van der Waals surface area contributed by atoms with Crippen LogP contribution in [0.2, 0.25) is 0 Å². The maximum atomic E-state index is 12.9. The van der Waals surface area contributed by atoms with Crippen molar-refractivity contribution in [2.75, 3.05) is 39.5 Å². The van der Waals surface area contributed by atoms with Gasteiger partial charge in [0.05, 0.1) is 25.6 Å². The zero-order valence-electron chi connectivity index (χ0n) is 29.1. The summed E-state index contributed by atoms with van der Waals surface area (Å²) in [6, 6.07) is 7.78. The molecule has 2 atom stereocenters. The van der Waals surface area contributed by atoms with Crippen molar-refractivity contribution in [3.05, 3.63) is 35.9 Å². The Kier molecular flexibility index (Phi) is 17.6. The van der Waals surface area contributed by atoms with Crippen LogP contribution in [0.15, 0.2) is 30.3 Å². The number of primary amides is 1. The molecule has 2 rings (SSSR count). The molecule has 1 heterocycles. The summed E-state index contributed by atoms with van der Waals surface area (Å²) < 4.78 is 4.84. The van der Waals surface area contributed by atoms with E-state index in [4.69, 9.17) is 10.5 Å². The van der Waals surface area contributed by atoms with Gasteiger partial charge in [0.15, 0.2) is 0 Å². The third-order valence-corrected chi connectivity index (χ3v) is 8.85. The Bertz CT molecular complexity index is 1350. The number of benzene rings is 1. The Morgan fingerprint density at radius 1 is 0.860 bits per heavy atom. The van der Waals surface area contributed by atoms with Crippen molar-refractivity contribution in [3.8, 4) is 0 Å². The Morgan fingerprint density at radius 2 is 1.48 bits per heavy atom. The molecule has 16 nitrogen and oxygen atoms in total. The molecule has 1 fully saturated rings. The minimum atomic E-state index is -1.07. The van der Waals surface area contributed by atoms with E-state index in [-0.39, 0.29) is 68.2 Å². The smallest absolute Gasteiger partial charge is 0.243 e. The fraction of sp³-hybridized carbons (Fsp3) is 0.588. The number of likely N-dealkylation sites (tertiary alicyclic amines) is 1. The first-order valence-corrected chi connectivity index (χ1v) is 16.9. The summed E-state index contributed by atoms with van der Waals surface area (Å²) in [7, 11) is 0. The molecule has 16 heteroatoms. The highest BCUT2D eigenvalue weighted by molar-refractivity contribution is 6.04. The molecule has 0 radical (unpaired) electrons. The zero-order valence-corrected chi connectivity index (χ0v) is 29.1. The van der Waals surface area contributed by atoms with E-state index in [9.17, 15) is 38.4 Å². The quantitative estimate of drug-likeness (QED) is 0.0485. The molecule has 0 aliphatic carbocycles. The number of nitrogens with two attached hydrogens (primary N) is 1. The number of ether oxygens (including phenoxy) is 1. The molecule has 0 saturated carbocycles. The summed E-state index contributed by atoms with van der Waals surface area (Å²) in [6.45, 7) is 4.53. The number of hydrogen-bond donors (Lipinski definition) is 6. The van der Waals surface area contributed by atoms with Crippen LogP contribution in [0.5, 0.6) is 0 Å². The van der Waals surface area contributed by atoms with E-state index in [0.717, 1.165) is 18.4 Å². The van der Waals surface area contributed by atoms with Crippen LogP contribution in [-0.2, 0) is 49.5 Å². The van der Waals surface area contributed by atoms with Gasteiger partial charge in [0.25, 0.3) is 0 Å². The SMILES string of the molecule is CCC(C)(CC)C1CC(=O)N(CCCCCC(=O)NCC(=O)NCC(=O)N[C@@H](Cc2ccccc2)C(=O)NCC(=O)NCOCC(N)=O)C1=O. The van der Waals surface area contributed by atoms with Gasteiger partial charge in [-0.2, -0.15) is 0 Å². The summed E-state index contributed by atoms with van der Waals surface area (Å²) in [5.41, 5.74) is 5.48. The number of nitrogens with zero attached hydrogens (tertiary/aromatic N) is 1. The van der Waals surface area contributed by atoms with Crippen molar-refractivity contribution in [1.82, 2.24) is 31.5 Å². The molecular weight excluding hydrogens is 650 g/mol. The van der Waals surface area contributed by atoms with E-state index in [1.807, 2.05) is 20.8 Å². The van der Waals surface area contributed by atoms with Crippen LogP contribution in [0.1, 0.15) is 71.3 Å². The Balaban J connectivity index is 1.70. The fourth-order valence-corrected chi connectivity index (χ4v) is 5.39. The molecule has 8 amide bonds. The summed E-state index contributed by atoms with van der Waals surface area (Å²) in [6.07, 6.45) is 3.83. The number of hydrogen-bond acceptors (Lipinski definition) is 9. The van der Waals surface area contributed by atoms with E-state index in [1.165, 1.54) is 4.90 Å². The van der Waals surface area contributed by atoms with Gasteiger partial charge in [0, 0.05) is 25.8 Å². The van der Waals surface area contributed by atoms with Crippen LogP contribution in [-0.4, -0.2) is 97.7 Å². The lowest BCUT2D eigenvalue weighted by atomic mass is 9.72. The lowest BCUT2D eigenvalue weighted by Crippen LogP contribution is -2.52. The van der Waals surface area contributed by atoms with Gasteiger partial charge < -0.3 is 37.1 Å². The van der Waals surface area contributed by atoms with Crippen molar-refractivity contribution in [1.29, 1.82) is 0 Å². The fourth-order valence-electron chi connectivity index (χ4n) is 5.39. The van der Waals surface area contributed by atoms with Gasteiger partial charge in [-0.05, 0) is 36.7 Å². The maximum Gasteiger partial charge on any atom is 0.243 e. The molecule has 1 aromatic rings. The van der Waals surface area contributed by atoms with Crippen LogP contribution in [0.25, 0.3) is 0 Å². The van der Waals surface area contributed by atoms with Crippen molar-refractivity contribution >= 4 is 47.3 Å². The van der Waals surface area contributed by atoms with Crippen LogP contribution in [0.4, 0.5) is 0 Å². The summed E-state index contributed by atoms with van der Waals surface area (Å²) in [5, 5.41) is 12.2. The highest BCUT2D eigenvalue weighted by Crippen LogP contribution is 2.41. The Morgan fingerprint density at radius 3 is 2.14 bits per heavy atom. The van der Waals surface area contributed by atoms with Crippen LogP contribution in [0, 0.1) is 11.3 Å². The van der Waals surface area contributed by atoms with Crippen molar-refractivity contribution in [3.63, 3.8) is 0 Å². The first-order chi connectivity index (χ1) is 23.8. The molecule has 1 saturated heterocycles. The van der Waals surface area contributed by atoms with Crippen LogP contribution in [0.3, 0.4) is 0 Å². The molecule has 0 spiro atoms. The number of carbonyl (C=O) groups is 8. The molecule has 1 aliphatic rings. The number of carbonyl (C=O) groups excluding carboxylic acids is 8. The monoisotopic (exact) mass is 701 g/mol. The van der Waals surface area contributed by atoms with Gasteiger partial charge in [-0.15, -0.1) is 0 Å². The Hall–Kier alpha value is -4.86. The number of amides is 8. The number of nitrogens with one attached hydrogen (secondary N) is 5. The predicted molar refractivity (Wildman–Crippen MR) is 181 cm³/mol. The van der Waals surface area contributed by atoms with Gasteiger partial charge in [-0.1, -0.05) is 57.5 Å². The normalized spacial score (nSPS) is 14.9. The third kappa shape index (κ3) is 14.3. The molecule has 1 unspecified atom stereocenters. The Labute approximate surface area is 292 Å². The summed E-state index contributed by atoms with van der Waals surface area (Å²) in [4.78, 5) is 99.4. The zero-order chi connectivity index (χ0) is 37.1.